The highest BCUT2D eigenvalue weighted by Crippen LogP contribution is 2.19. The molecule has 0 amide bonds. The van der Waals surface area contributed by atoms with Gasteiger partial charge in [-0.25, -0.2) is 22.8 Å². The predicted molar refractivity (Wildman–Crippen MR) is 115 cm³/mol. The van der Waals surface area contributed by atoms with Gasteiger partial charge in [-0.05, 0) is 50.1 Å². The number of sulfonamides is 1. The van der Waals surface area contributed by atoms with E-state index in [2.05, 4.69) is 30.0 Å². The summed E-state index contributed by atoms with van der Waals surface area (Å²) in [6, 6.07) is 10.4. The molecule has 1 fully saturated rings. The van der Waals surface area contributed by atoms with Gasteiger partial charge in [0.05, 0.1) is 10.6 Å². The second-order valence-electron chi connectivity index (χ2n) is 7.15. The van der Waals surface area contributed by atoms with Gasteiger partial charge in [0.15, 0.2) is 0 Å². The summed E-state index contributed by atoms with van der Waals surface area (Å²) in [6.45, 7) is 4.55. The molecule has 0 unspecified atom stereocenters. The zero-order valence-corrected chi connectivity index (χ0v) is 17.6. The maximum atomic E-state index is 12.5. The van der Waals surface area contributed by atoms with E-state index in [1.807, 2.05) is 19.1 Å². The first-order valence-corrected chi connectivity index (χ1v) is 11.4. The lowest BCUT2D eigenvalue weighted by molar-refractivity contribution is 0.583. The first kappa shape index (κ1) is 20.3. The Morgan fingerprint density at radius 3 is 2.53 bits per heavy atom. The maximum absolute atomic E-state index is 12.5. The van der Waals surface area contributed by atoms with Crippen LogP contribution in [0.2, 0.25) is 0 Å². The molecule has 0 aliphatic carbocycles. The molecule has 1 saturated heterocycles. The number of hydrogen-bond acceptors (Lipinski definition) is 7. The standard InChI is InChI=1S/C20H25N7O2S/c1-16-15-19(26-12-2-3-13-26)25-20(24-16)21-10-11-23-30(28,29)18-7-5-17(6-8-18)27-14-4-9-22-27/h4-9,14-15,23H,2-3,10-13H2,1H3,(H,21,24,25). The Morgan fingerprint density at radius 1 is 1.07 bits per heavy atom. The van der Waals surface area contributed by atoms with Gasteiger partial charge in [0.2, 0.25) is 16.0 Å². The number of nitrogens with one attached hydrogen (secondary N) is 2. The van der Waals surface area contributed by atoms with Gasteiger partial charge in [-0.1, -0.05) is 0 Å². The van der Waals surface area contributed by atoms with Gasteiger partial charge in [-0.2, -0.15) is 10.1 Å². The summed E-state index contributed by atoms with van der Waals surface area (Å²) in [5, 5.41) is 7.25. The van der Waals surface area contributed by atoms with Crippen molar-refractivity contribution < 1.29 is 8.42 Å². The first-order valence-electron chi connectivity index (χ1n) is 9.95. The molecule has 0 radical (unpaired) electrons. The van der Waals surface area contributed by atoms with Gasteiger partial charge in [0, 0.05) is 50.3 Å². The van der Waals surface area contributed by atoms with Gasteiger partial charge in [-0.3, -0.25) is 0 Å². The van der Waals surface area contributed by atoms with Crippen molar-refractivity contribution in [3.63, 3.8) is 0 Å². The third-order valence-electron chi connectivity index (χ3n) is 4.89. The van der Waals surface area contributed by atoms with Crippen LogP contribution in [0.25, 0.3) is 5.69 Å². The fraction of sp³-hybridized carbons (Fsp3) is 0.350. The van der Waals surface area contributed by atoms with E-state index in [1.165, 1.54) is 12.8 Å². The second-order valence-corrected chi connectivity index (χ2v) is 8.92. The Balaban J connectivity index is 1.32. The molecule has 0 bridgehead atoms. The molecule has 0 atom stereocenters. The van der Waals surface area contributed by atoms with Gasteiger partial charge in [0.1, 0.15) is 5.82 Å². The Hall–Kier alpha value is -2.98. The summed E-state index contributed by atoms with van der Waals surface area (Å²) >= 11 is 0. The molecule has 3 aromatic rings. The van der Waals surface area contributed by atoms with Crippen LogP contribution in [0.15, 0.2) is 53.7 Å². The van der Waals surface area contributed by atoms with E-state index in [0.717, 1.165) is 30.3 Å². The van der Waals surface area contributed by atoms with Crippen LogP contribution in [-0.4, -0.2) is 54.3 Å². The summed E-state index contributed by atoms with van der Waals surface area (Å²) in [6.07, 6.45) is 5.83. The third-order valence-corrected chi connectivity index (χ3v) is 6.36. The molecule has 2 aromatic heterocycles. The monoisotopic (exact) mass is 427 g/mol. The quantitative estimate of drug-likeness (QED) is 0.530. The van der Waals surface area contributed by atoms with Gasteiger partial charge < -0.3 is 10.2 Å². The highest BCUT2D eigenvalue weighted by Gasteiger charge is 2.16. The molecule has 0 saturated carbocycles. The van der Waals surface area contributed by atoms with E-state index in [0.29, 0.717) is 12.5 Å². The number of aryl methyl sites for hydroxylation is 1. The number of aromatic nitrogens is 4. The fourth-order valence-electron chi connectivity index (χ4n) is 3.38. The first-order chi connectivity index (χ1) is 14.5. The van der Waals surface area contributed by atoms with Crippen LogP contribution in [0.1, 0.15) is 18.5 Å². The Kier molecular flexibility index (Phi) is 5.96. The summed E-state index contributed by atoms with van der Waals surface area (Å²) in [4.78, 5) is 11.4. The van der Waals surface area contributed by atoms with Gasteiger partial charge >= 0.3 is 0 Å². The summed E-state index contributed by atoms with van der Waals surface area (Å²) < 4.78 is 29.3. The summed E-state index contributed by atoms with van der Waals surface area (Å²) in [5.74, 6) is 1.43. The highest BCUT2D eigenvalue weighted by molar-refractivity contribution is 7.89. The van der Waals surface area contributed by atoms with Crippen LogP contribution in [0.5, 0.6) is 0 Å². The van der Waals surface area contributed by atoms with Crippen LogP contribution < -0.4 is 14.9 Å². The van der Waals surface area contributed by atoms with Gasteiger partial charge in [-0.15, -0.1) is 0 Å². The molecule has 1 aliphatic heterocycles. The van der Waals surface area contributed by atoms with Gasteiger partial charge in [0.25, 0.3) is 0 Å². The molecular weight excluding hydrogens is 402 g/mol. The van der Waals surface area contributed by atoms with Crippen LogP contribution in [0.3, 0.4) is 0 Å². The lowest BCUT2D eigenvalue weighted by Crippen LogP contribution is -2.29. The molecule has 4 rings (SSSR count). The van der Waals surface area contributed by atoms with Crippen LogP contribution >= 0.6 is 0 Å². The Bertz CT molecular complexity index is 1080. The SMILES string of the molecule is Cc1cc(N2CCCC2)nc(NCCNS(=O)(=O)c2ccc(-n3cccn3)cc2)n1. The molecule has 3 heterocycles. The number of rotatable bonds is 8. The topological polar surface area (TPSA) is 105 Å². The van der Waals surface area contributed by atoms with Crippen LogP contribution in [0.4, 0.5) is 11.8 Å². The van der Waals surface area contributed by atoms with Crippen molar-refractivity contribution in [3.05, 3.63) is 54.5 Å². The van der Waals surface area contributed by atoms with Crippen molar-refractivity contribution >= 4 is 21.8 Å². The van der Waals surface area contributed by atoms with E-state index in [9.17, 15) is 8.42 Å². The predicted octanol–water partition coefficient (Wildman–Crippen LogP) is 1.96. The number of nitrogens with zero attached hydrogens (tertiary/aromatic N) is 5. The van der Waals surface area contributed by atoms with Crippen molar-refractivity contribution in [1.82, 2.24) is 24.5 Å². The van der Waals surface area contributed by atoms with Crippen molar-refractivity contribution in [2.75, 3.05) is 36.4 Å². The van der Waals surface area contributed by atoms with Crippen molar-refractivity contribution in [2.24, 2.45) is 0 Å². The van der Waals surface area contributed by atoms with E-state index in [1.54, 1.807) is 41.3 Å². The molecule has 9 nitrogen and oxygen atoms in total. The van der Waals surface area contributed by atoms with Crippen molar-refractivity contribution in [3.8, 4) is 5.69 Å². The lowest BCUT2D eigenvalue weighted by Gasteiger charge is -2.17. The zero-order chi connectivity index (χ0) is 21.0. The molecule has 30 heavy (non-hydrogen) atoms. The number of anilines is 2. The van der Waals surface area contributed by atoms with Crippen LogP contribution in [-0.2, 0) is 10.0 Å². The third kappa shape index (κ3) is 4.77. The molecule has 158 valence electrons. The highest BCUT2D eigenvalue weighted by atomic mass is 32.2. The minimum atomic E-state index is -3.60. The Morgan fingerprint density at radius 2 is 1.83 bits per heavy atom. The summed E-state index contributed by atoms with van der Waals surface area (Å²) in [5.41, 5.74) is 1.68. The van der Waals surface area contributed by atoms with Crippen LogP contribution in [0, 0.1) is 6.92 Å². The average Bonchev–Trinajstić information content (AvgIpc) is 3.45. The number of hydrogen-bond donors (Lipinski definition) is 2. The van der Waals surface area contributed by atoms with E-state index in [4.69, 9.17) is 0 Å². The largest absolute Gasteiger partial charge is 0.356 e. The minimum absolute atomic E-state index is 0.210. The van der Waals surface area contributed by atoms with Crippen molar-refractivity contribution in [1.29, 1.82) is 0 Å². The minimum Gasteiger partial charge on any atom is -0.356 e. The molecular formula is C20H25N7O2S. The van der Waals surface area contributed by atoms with E-state index < -0.39 is 10.0 Å². The fourth-order valence-corrected chi connectivity index (χ4v) is 4.41. The molecule has 10 heteroatoms. The molecule has 0 spiro atoms. The van der Waals surface area contributed by atoms with Crippen molar-refractivity contribution in [2.45, 2.75) is 24.7 Å². The molecule has 1 aromatic carbocycles. The number of benzene rings is 1. The second kappa shape index (κ2) is 8.80. The zero-order valence-electron chi connectivity index (χ0n) is 16.8. The Labute approximate surface area is 176 Å². The molecule has 1 aliphatic rings. The molecule has 2 N–H and O–H groups in total. The van der Waals surface area contributed by atoms with E-state index >= 15 is 0 Å². The van der Waals surface area contributed by atoms with E-state index in [-0.39, 0.29) is 11.4 Å². The lowest BCUT2D eigenvalue weighted by atomic mass is 10.3. The summed E-state index contributed by atoms with van der Waals surface area (Å²) in [7, 11) is -3.60. The smallest absolute Gasteiger partial charge is 0.240 e. The maximum Gasteiger partial charge on any atom is 0.240 e. The normalized spacial score (nSPS) is 14.2. The average molecular weight is 428 g/mol.